The molecule has 20 heavy (non-hydrogen) atoms. The molecule has 0 spiro atoms. The first-order valence-electron chi connectivity index (χ1n) is 8.31. The number of carbonyl (C=O) groups is 1. The standard InChI is InChI=1S/C18H32O2/c1-13(19)7-8-15-17(4)11-6-10-16(2,3)14(17)9-12-18(15,5)20/h14-15,20H,6-12H2,1-5H3/t14?,15-,17+,18-/m0/s1. The van der Waals surface area contributed by atoms with Crippen LogP contribution in [0.2, 0.25) is 0 Å². The molecule has 0 saturated heterocycles. The minimum Gasteiger partial charge on any atom is -0.390 e. The topological polar surface area (TPSA) is 37.3 Å². The summed E-state index contributed by atoms with van der Waals surface area (Å²) < 4.78 is 0. The monoisotopic (exact) mass is 280 g/mol. The molecule has 0 aliphatic heterocycles. The van der Waals surface area contributed by atoms with E-state index >= 15 is 0 Å². The lowest BCUT2D eigenvalue weighted by molar-refractivity contribution is -0.169. The van der Waals surface area contributed by atoms with Crippen molar-refractivity contribution >= 4 is 5.78 Å². The third-order valence-electron chi connectivity index (χ3n) is 6.55. The van der Waals surface area contributed by atoms with E-state index in [0.29, 0.717) is 17.8 Å². The van der Waals surface area contributed by atoms with Gasteiger partial charge in [-0.2, -0.15) is 0 Å². The fraction of sp³-hybridized carbons (Fsp3) is 0.944. The smallest absolute Gasteiger partial charge is 0.129 e. The van der Waals surface area contributed by atoms with Gasteiger partial charge in [-0.3, -0.25) is 0 Å². The van der Waals surface area contributed by atoms with Crippen LogP contribution >= 0.6 is 0 Å². The molecular weight excluding hydrogens is 248 g/mol. The molecule has 2 aliphatic rings. The number of fused-ring (bicyclic) bond motifs is 1. The Morgan fingerprint density at radius 2 is 1.80 bits per heavy atom. The zero-order valence-corrected chi connectivity index (χ0v) is 14.0. The summed E-state index contributed by atoms with van der Waals surface area (Å²) in [5, 5.41) is 10.9. The van der Waals surface area contributed by atoms with Crippen molar-refractivity contribution in [2.45, 2.75) is 85.2 Å². The van der Waals surface area contributed by atoms with Crippen LogP contribution in [0.25, 0.3) is 0 Å². The van der Waals surface area contributed by atoms with Crippen molar-refractivity contribution in [2.24, 2.45) is 22.7 Å². The molecule has 1 N–H and O–H groups in total. The van der Waals surface area contributed by atoms with Gasteiger partial charge in [-0.25, -0.2) is 0 Å². The van der Waals surface area contributed by atoms with Crippen LogP contribution in [0.1, 0.15) is 79.6 Å². The van der Waals surface area contributed by atoms with Crippen LogP contribution < -0.4 is 0 Å². The number of hydrogen-bond acceptors (Lipinski definition) is 2. The summed E-state index contributed by atoms with van der Waals surface area (Å²) in [5.41, 5.74) is -0.0367. The molecule has 0 aromatic carbocycles. The molecule has 2 aliphatic carbocycles. The van der Waals surface area contributed by atoms with Gasteiger partial charge in [-0.1, -0.05) is 27.2 Å². The third-order valence-corrected chi connectivity index (χ3v) is 6.55. The molecule has 2 rings (SSSR count). The highest BCUT2D eigenvalue weighted by molar-refractivity contribution is 5.75. The Morgan fingerprint density at radius 1 is 1.15 bits per heavy atom. The number of carbonyl (C=O) groups excluding carboxylic acids is 1. The molecule has 2 saturated carbocycles. The van der Waals surface area contributed by atoms with Crippen molar-refractivity contribution < 1.29 is 9.90 Å². The van der Waals surface area contributed by atoms with Gasteiger partial charge < -0.3 is 9.90 Å². The predicted octanol–water partition coefficient (Wildman–Crippen LogP) is 4.35. The predicted molar refractivity (Wildman–Crippen MR) is 82.5 cm³/mol. The van der Waals surface area contributed by atoms with Crippen LogP contribution in [0.4, 0.5) is 0 Å². The maximum Gasteiger partial charge on any atom is 0.129 e. The van der Waals surface area contributed by atoms with Crippen LogP contribution in [0.15, 0.2) is 0 Å². The molecule has 2 heteroatoms. The molecule has 0 radical (unpaired) electrons. The van der Waals surface area contributed by atoms with E-state index in [-0.39, 0.29) is 17.1 Å². The van der Waals surface area contributed by atoms with Gasteiger partial charge >= 0.3 is 0 Å². The number of aliphatic hydroxyl groups is 1. The van der Waals surface area contributed by atoms with Crippen LogP contribution in [0.5, 0.6) is 0 Å². The number of hydrogen-bond donors (Lipinski definition) is 1. The Kier molecular flexibility index (Phi) is 4.10. The zero-order chi connectivity index (χ0) is 15.2. The fourth-order valence-electron chi connectivity index (χ4n) is 5.61. The lowest BCUT2D eigenvalue weighted by Gasteiger charge is -2.61. The molecule has 4 atom stereocenters. The maximum atomic E-state index is 11.4. The third kappa shape index (κ3) is 2.68. The molecule has 0 aromatic heterocycles. The molecule has 1 unspecified atom stereocenters. The van der Waals surface area contributed by atoms with E-state index in [1.54, 1.807) is 6.92 Å². The molecule has 2 nitrogen and oxygen atoms in total. The summed E-state index contributed by atoms with van der Waals surface area (Å²) >= 11 is 0. The van der Waals surface area contributed by atoms with Crippen molar-refractivity contribution in [1.29, 1.82) is 0 Å². The molecule has 0 bridgehead atoms. The quantitative estimate of drug-likeness (QED) is 0.834. The Balaban J connectivity index is 2.30. The molecule has 116 valence electrons. The van der Waals surface area contributed by atoms with Crippen LogP contribution in [0.3, 0.4) is 0 Å². The summed E-state index contributed by atoms with van der Waals surface area (Å²) in [7, 11) is 0. The van der Waals surface area contributed by atoms with Gasteiger partial charge in [-0.15, -0.1) is 0 Å². The molecule has 2 fully saturated rings. The maximum absolute atomic E-state index is 11.4. The highest BCUT2D eigenvalue weighted by atomic mass is 16.3. The summed E-state index contributed by atoms with van der Waals surface area (Å²) in [6.07, 6.45) is 7.25. The minimum atomic E-state index is -0.603. The van der Waals surface area contributed by atoms with Crippen LogP contribution in [-0.2, 0) is 4.79 Å². The summed E-state index contributed by atoms with van der Waals surface area (Å²) in [6, 6.07) is 0. The first kappa shape index (κ1) is 16.0. The average Bonchev–Trinajstić information content (AvgIpc) is 2.25. The first-order valence-corrected chi connectivity index (χ1v) is 8.31. The second-order valence-electron chi connectivity index (χ2n) is 8.59. The van der Waals surface area contributed by atoms with Crippen LogP contribution in [-0.4, -0.2) is 16.5 Å². The SMILES string of the molecule is CC(=O)CC[C@@H]1[C@@](C)(O)CCC2C(C)(C)CCC[C@]21C. The Morgan fingerprint density at radius 3 is 2.40 bits per heavy atom. The van der Waals surface area contributed by atoms with E-state index in [4.69, 9.17) is 0 Å². The highest BCUT2D eigenvalue weighted by Crippen LogP contribution is 2.62. The molecule has 0 aromatic rings. The number of Topliss-reactive ketones (excluding diaryl/α,β-unsaturated/α-hetero) is 1. The van der Waals surface area contributed by atoms with E-state index < -0.39 is 5.60 Å². The Hall–Kier alpha value is -0.370. The molecule has 0 amide bonds. The largest absolute Gasteiger partial charge is 0.390 e. The lowest BCUT2D eigenvalue weighted by atomic mass is 9.45. The summed E-state index contributed by atoms with van der Waals surface area (Å²) in [6.45, 7) is 10.9. The van der Waals surface area contributed by atoms with Gasteiger partial charge in [0.15, 0.2) is 0 Å². The van der Waals surface area contributed by atoms with E-state index in [0.717, 1.165) is 19.3 Å². The van der Waals surface area contributed by atoms with Gasteiger partial charge in [0.1, 0.15) is 5.78 Å². The fourth-order valence-corrected chi connectivity index (χ4v) is 5.61. The summed E-state index contributed by atoms with van der Waals surface area (Å²) in [4.78, 5) is 11.4. The van der Waals surface area contributed by atoms with Crippen molar-refractivity contribution in [3.8, 4) is 0 Å². The van der Waals surface area contributed by atoms with Crippen molar-refractivity contribution in [3.05, 3.63) is 0 Å². The lowest BCUT2D eigenvalue weighted by Crippen LogP contribution is -2.57. The van der Waals surface area contributed by atoms with Crippen molar-refractivity contribution in [1.82, 2.24) is 0 Å². The number of rotatable bonds is 3. The highest BCUT2D eigenvalue weighted by Gasteiger charge is 2.57. The van der Waals surface area contributed by atoms with Gasteiger partial charge in [0, 0.05) is 6.42 Å². The average molecular weight is 280 g/mol. The zero-order valence-electron chi connectivity index (χ0n) is 14.0. The van der Waals surface area contributed by atoms with E-state index in [1.165, 1.54) is 19.3 Å². The normalized spacial score (nSPS) is 43.9. The van der Waals surface area contributed by atoms with Crippen molar-refractivity contribution in [3.63, 3.8) is 0 Å². The second-order valence-corrected chi connectivity index (χ2v) is 8.59. The minimum absolute atomic E-state index is 0.193. The van der Waals surface area contributed by atoms with E-state index in [1.807, 2.05) is 6.92 Å². The first-order chi connectivity index (χ1) is 9.09. The van der Waals surface area contributed by atoms with Gasteiger partial charge in [-0.05, 0) is 68.6 Å². The van der Waals surface area contributed by atoms with Crippen LogP contribution in [0, 0.1) is 22.7 Å². The van der Waals surface area contributed by atoms with Gasteiger partial charge in [0.2, 0.25) is 0 Å². The number of ketones is 1. The van der Waals surface area contributed by atoms with Gasteiger partial charge in [0.05, 0.1) is 5.60 Å². The van der Waals surface area contributed by atoms with Gasteiger partial charge in [0.25, 0.3) is 0 Å². The Labute approximate surface area is 124 Å². The second kappa shape index (κ2) is 5.12. The summed E-state index contributed by atoms with van der Waals surface area (Å²) in [5.74, 6) is 1.19. The van der Waals surface area contributed by atoms with E-state index in [9.17, 15) is 9.90 Å². The molecular formula is C18H32O2. The molecule has 0 heterocycles. The Bertz CT molecular complexity index is 383. The van der Waals surface area contributed by atoms with E-state index in [2.05, 4.69) is 20.8 Å². The van der Waals surface area contributed by atoms with Crippen molar-refractivity contribution in [2.75, 3.05) is 0 Å².